The van der Waals surface area contributed by atoms with Crippen molar-refractivity contribution in [2.24, 2.45) is 0 Å². The zero-order chi connectivity index (χ0) is 7.21. The Balaban J connectivity index is -0.0000000119. The molecule has 0 atom stereocenters. The molecule has 7 nitrogen and oxygen atoms in total. The molecule has 0 aromatic rings. The fourth-order valence-electron chi connectivity index (χ4n) is 0. The van der Waals surface area contributed by atoms with Gasteiger partial charge in [0.25, 0.3) is 0 Å². The van der Waals surface area contributed by atoms with Crippen LogP contribution in [0.1, 0.15) is 2.85 Å². The third-order valence-electron chi connectivity index (χ3n) is 0. The van der Waals surface area contributed by atoms with Crippen molar-refractivity contribution in [3.05, 3.63) is 0 Å². The van der Waals surface area contributed by atoms with E-state index >= 15 is 0 Å². The molecule has 5 N–H and O–H groups in total. The summed E-state index contributed by atoms with van der Waals surface area (Å²) in [5.41, 5.74) is 0. The molecule has 0 fully saturated rings. The van der Waals surface area contributed by atoms with E-state index in [0.717, 1.165) is 0 Å². The predicted octanol–water partition coefficient (Wildman–Crippen LogP) is -2.69. The molecule has 10 heavy (non-hydrogen) atoms. The molecule has 60 valence electrons. The van der Waals surface area contributed by atoms with Crippen LogP contribution < -0.4 is 0 Å². The summed E-state index contributed by atoms with van der Waals surface area (Å²) >= 11 is -1.50. The first kappa shape index (κ1) is 22.5. The Bertz CT molecular complexity index is 135. The molecule has 0 aliphatic heterocycles. The molecule has 0 saturated heterocycles. The van der Waals surface area contributed by atoms with E-state index in [2.05, 4.69) is 0 Å². The molecule has 0 amide bonds. The van der Waals surface area contributed by atoms with Crippen LogP contribution in [-0.4, -0.2) is 80.4 Å². The van der Waals surface area contributed by atoms with Crippen molar-refractivity contribution >= 4 is 63.6 Å². The third kappa shape index (κ3) is 417. The first-order chi connectivity index (χ1) is 3.41. The van der Waals surface area contributed by atoms with E-state index < -0.39 is 25.9 Å². The Morgan fingerprint density at radius 3 is 1.30 bits per heavy atom. The quantitative estimate of drug-likeness (QED) is 0.298. The topological polar surface area (TPSA) is 143 Å². The molecule has 0 rings (SSSR count). The van der Waals surface area contributed by atoms with Crippen LogP contribution in [0, 0.1) is 0 Å². The molecular formula is H7AlCaO7S. The monoisotopic (exact) mass is 218 g/mol. The number of hydrogen-bond donors (Lipinski definition) is 3. The van der Waals surface area contributed by atoms with Crippen molar-refractivity contribution in [1.82, 2.24) is 0 Å². The van der Waals surface area contributed by atoms with E-state index in [1.54, 1.807) is 0 Å². The van der Waals surface area contributed by atoms with Crippen LogP contribution in [0.2, 0.25) is 0 Å². The molecule has 0 aromatic carbocycles. The first-order valence-corrected chi connectivity index (χ1v) is 3.58. The predicted molar refractivity (Wildman–Crippen MR) is 34.4 cm³/mol. The van der Waals surface area contributed by atoms with Crippen LogP contribution >= 0.6 is 0 Å². The molecule has 10 heteroatoms. The Morgan fingerprint density at radius 1 is 1.30 bits per heavy atom. The molecular weight excluding hydrogens is 211 g/mol. The summed E-state index contributed by atoms with van der Waals surface area (Å²) in [6.07, 6.45) is 0. The van der Waals surface area contributed by atoms with Gasteiger partial charge in [0, 0.05) is 0 Å². The van der Waals surface area contributed by atoms with Crippen LogP contribution in [0.15, 0.2) is 0 Å². The van der Waals surface area contributed by atoms with E-state index in [9.17, 15) is 0 Å². The maximum absolute atomic E-state index is 8.74. The van der Waals surface area contributed by atoms with Gasteiger partial charge in [-0.2, -0.15) is 8.42 Å². The SMILES string of the molecule is O.O=S(=O)(O)O.[Ca+2].[H-].[H-].[O]=[Al][OH]. The number of rotatable bonds is 0. The minimum atomic E-state index is -4.67. The van der Waals surface area contributed by atoms with Crippen molar-refractivity contribution < 1.29 is 33.8 Å². The van der Waals surface area contributed by atoms with E-state index in [-0.39, 0.29) is 46.1 Å². The second kappa shape index (κ2) is 12.9. The van der Waals surface area contributed by atoms with Gasteiger partial charge in [-0.15, -0.1) is 0 Å². The van der Waals surface area contributed by atoms with Gasteiger partial charge in [-0.25, -0.2) is 0 Å². The second-order valence-electron chi connectivity index (χ2n) is 0.553. The maximum atomic E-state index is 8.74. The Kier molecular flexibility index (Phi) is 28.9. The molecule has 0 bridgehead atoms. The van der Waals surface area contributed by atoms with Gasteiger partial charge < -0.3 is 8.33 Å². The zero-order valence-corrected chi connectivity index (χ0v) is 8.94. The van der Waals surface area contributed by atoms with Crippen molar-refractivity contribution in [3.8, 4) is 0 Å². The Morgan fingerprint density at radius 2 is 1.30 bits per heavy atom. The van der Waals surface area contributed by atoms with Crippen LogP contribution in [-0.2, 0) is 14.2 Å². The fraction of sp³-hybridized carbons (Fsp3) is 0. The summed E-state index contributed by atoms with van der Waals surface area (Å²) in [7, 11) is -4.67. The van der Waals surface area contributed by atoms with E-state index in [1.165, 1.54) is 0 Å². The van der Waals surface area contributed by atoms with E-state index in [4.69, 9.17) is 25.5 Å². The van der Waals surface area contributed by atoms with Crippen LogP contribution in [0.3, 0.4) is 0 Å². The van der Waals surface area contributed by atoms with Gasteiger partial charge in [0.2, 0.25) is 0 Å². The van der Waals surface area contributed by atoms with Crippen molar-refractivity contribution in [1.29, 1.82) is 0 Å². The molecule has 0 aromatic heterocycles. The number of hydrogen-bond acceptors (Lipinski definition) is 3. The standard InChI is InChI=1S/Al.Ca.H2O4S.2H2O.O.2H/c;;1-5(2,3)4;;;;;/h;;(H2,1,2,3,4);2*1H2;;;/q+1;+2;;;;;2*-1/p-1. The van der Waals surface area contributed by atoms with Crippen molar-refractivity contribution in [3.63, 3.8) is 0 Å². The molecule has 0 spiro atoms. The summed E-state index contributed by atoms with van der Waals surface area (Å²) in [5, 5.41) is 0. The molecule has 0 radical (unpaired) electrons. The van der Waals surface area contributed by atoms with Crippen LogP contribution in [0.5, 0.6) is 0 Å². The normalized spacial score (nSPS) is 6.60. The summed E-state index contributed by atoms with van der Waals surface area (Å²) in [4.78, 5) is 0. The average Bonchev–Trinajstić information content (AvgIpc) is 1.27. The van der Waals surface area contributed by atoms with Gasteiger partial charge in [0.05, 0.1) is 0 Å². The summed E-state index contributed by atoms with van der Waals surface area (Å²) in [6.45, 7) is 0. The van der Waals surface area contributed by atoms with Crippen molar-refractivity contribution in [2.75, 3.05) is 0 Å². The van der Waals surface area contributed by atoms with Gasteiger partial charge in [-0.1, -0.05) is 0 Å². The molecule has 0 aliphatic rings. The van der Waals surface area contributed by atoms with Gasteiger partial charge in [0.1, 0.15) is 0 Å². The summed E-state index contributed by atoms with van der Waals surface area (Å²) < 4.78 is 47.2. The Hall–Kier alpha value is 1.22. The molecule has 0 aliphatic carbocycles. The first-order valence-electron chi connectivity index (χ1n) is 1.19. The Labute approximate surface area is 96.5 Å². The van der Waals surface area contributed by atoms with Crippen LogP contribution in [0.25, 0.3) is 0 Å². The van der Waals surface area contributed by atoms with E-state index in [0.29, 0.717) is 0 Å². The molecule has 0 unspecified atom stereocenters. The zero-order valence-electron chi connectivity index (χ0n) is 6.76. The summed E-state index contributed by atoms with van der Waals surface area (Å²) in [5.74, 6) is 0. The second-order valence-corrected chi connectivity index (χ2v) is 1.66. The third-order valence-corrected chi connectivity index (χ3v) is 0. The van der Waals surface area contributed by atoms with Gasteiger partial charge in [0.15, 0.2) is 0 Å². The molecule has 0 heterocycles. The van der Waals surface area contributed by atoms with Crippen molar-refractivity contribution in [2.45, 2.75) is 0 Å². The van der Waals surface area contributed by atoms with Crippen LogP contribution in [0.4, 0.5) is 0 Å². The minimum absolute atomic E-state index is 0. The van der Waals surface area contributed by atoms with Gasteiger partial charge in [-0.3, -0.25) is 9.11 Å². The van der Waals surface area contributed by atoms with E-state index in [1.807, 2.05) is 0 Å². The molecule has 0 saturated carbocycles. The van der Waals surface area contributed by atoms with Gasteiger partial charge >= 0.3 is 71.6 Å². The van der Waals surface area contributed by atoms with Gasteiger partial charge in [-0.05, 0) is 0 Å². The summed E-state index contributed by atoms with van der Waals surface area (Å²) in [6, 6.07) is 0. The average molecular weight is 218 g/mol. The fourth-order valence-corrected chi connectivity index (χ4v) is 0.